The lowest BCUT2D eigenvalue weighted by molar-refractivity contribution is -0.140. The molecule has 1 heterocycles. The Kier molecular flexibility index (Phi) is 2.15. The van der Waals surface area contributed by atoms with Gasteiger partial charge in [-0.15, -0.1) is 0 Å². The summed E-state index contributed by atoms with van der Waals surface area (Å²) in [7, 11) is 0. The minimum atomic E-state index is -0.593. The van der Waals surface area contributed by atoms with Gasteiger partial charge in [0.1, 0.15) is 0 Å². The molecule has 3 atom stereocenters. The molecule has 3 heteroatoms. The third-order valence-corrected chi connectivity index (χ3v) is 5.87. The van der Waals surface area contributed by atoms with Crippen molar-refractivity contribution in [2.24, 2.45) is 16.7 Å². The average Bonchev–Trinajstić information content (AvgIpc) is 2.55. The third-order valence-electron chi connectivity index (χ3n) is 4.43. The first-order valence-corrected chi connectivity index (χ1v) is 6.34. The standard InChI is InChI=1S/C11H18O2S/c1-7-11(5-4-6-14-7)8(9(12)13)10(11,2)3/h7-8H,4-6H2,1-3H3,(H,12,13). The Hall–Kier alpha value is -0.180. The molecule has 2 nitrogen and oxygen atoms in total. The van der Waals surface area contributed by atoms with Crippen LogP contribution in [0.2, 0.25) is 0 Å². The van der Waals surface area contributed by atoms with Crippen LogP contribution in [-0.4, -0.2) is 22.1 Å². The molecule has 1 aliphatic carbocycles. The number of hydrogen-bond donors (Lipinski definition) is 1. The molecule has 2 rings (SSSR count). The van der Waals surface area contributed by atoms with Gasteiger partial charge in [0.2, 0.25) is 0 Å². The molecule has 1 saturated carbocycles. The monoisotopic (exact) mass is 214 g/mol. The summed E-state index contributed by atoms with van der Waals surface area (Å²) in [6, 6.07) is 0. The highest BCUT2D eigenvalue weighted by Crippen LogP contribution is 2.75. The SMILES string of the molecule is CC1SCCCC12C(C(=O)O)C2(C)C. The Labute approximate surface area is 89.5 Å². The molecule has 1 aliphatic heterocycles. The van der Waals surface area contributed by atoms with Crippen LogP contribution in [0.1, 0.15) is 33.6 Å². The zero-order chi connectivity index (χ0) is 10.6. The van der Waals surface area contributed by atoms with Crippen LogP contribution in [-0.2, 0) is 4.79 Å². The van der Waals surface area contributed by atoms with Crippen molar-refractivity contribution < 1.29 is 9.90 Å². The number of aliphatic carboxylic acids is 1. The van der Waals surface area contributed by atoms with E-state index in [1.807, 2.05) is 11.8 Å². The maximum absolute atomic E-state index is 11.2. The molecule has 0 aromatic heterocycles. The van der Waals surface area contributed by atoms with E-state index in [0.717, 1.165) is 6.42 Å². The highest BCUT2D eigenvalue weighted by Gasteiger charge is 2.76. The van der Waals surface area contributed by atoms with Crippen LogP contribution in [0.4, 0.5) is 0 Å². The smallest absolute Gasteiger partial charge is 0.307 e. The molecule has 3 unspecified atom stereocenters. The van der Waals surface area contributed by atoms with Crippen molar-refractivity contribution in [1.29, 1.82) is 0 Å². The fraction of sp³-hybridized carbons (Fsp3) is 0.909. The van der Waals surface area contributed by atoms with E-state index in [1.165, 1.54) is 12.2 Å². The highest BCUT2D eigenvalue weighted by molar-refractivity contribution is 7.99. The minimum Gasteiger partial charge on any atom is -0.481 e. The van der Waals surface area contributed by atoms with Gasteiger partial charge in [-0.2, -0.15) is 11.8 Å². The Morgan fingerprint density at radius 1 is 1.50 bits per heavy atom. The molecule has 1 saturated heterocycles. The average molecular weight is 214 g/mol. The summed E-state index contributed by atoms with van der Waals surface area (Å²) in [6.45, 7) is 6.44. The Balaban J connectivity index is 2.28. The van der Waals surface area contributed by atoms with Crippen LogP contribution in [0, 0.1) is 16.7 Å². The predicted octanol–water partition coefficient (Wildman–Crippen LogP) is 2.63. The topological polar surface area (TPSA) is 37.3 Å². The van der Waals surface area contributed by atoms with Crippen molar-refractivity contribution in [1.82, 2.24) is 0 Å². The van der Waals surface area contributed by atoms with Gasteiger partial charge in [-0.25, -0.2) is 0 Å². The summed E-state index contributed by atoms with van der Waals surface area (Å²) in [4.78, 5) is 11.2. The zero-order valence-corrected chi connectivity index (χ0v) is 9.86. The van der Waals surface area contributed by atoms with Gasteiger partial charge in [0.15, 0.2) is 0 Å². The molecule has 0 aromatic carbocycles. The van der Waals surface area contributed by atoms with Gasteiger partial charge in [-0.1, -0.05) is 20.8 Å². The van der Waals surface area contributed by atoms with Crippen LogP contribution < -0.4 is 0 Å². The zero-order valence-electron chi connectivity index (χ0n) is 9.04. The molecule has 0 amide bonds. The predicted molar refractivity (Wildman–Crippen MR) is 58.5 cm³/mol. The van der Waals surface area contributed by atoms with Crippen molar-refractivity contribution >= 4 is 17.7 Å². The molecule has 1 spiro atoms. The quantitative estimate of drug-likeness (QED) is 0.729. The minimum absolute atomic E-state index is 0.00562. The van der Waals surface area contributed by atoms with Crippen LogP contribution in [0.3, 0.4) is 0 Å². The fourth-order valence-electron chi connectivity index (χ4n) is 3.62. The van der Waals surface area contributed by atoms with E-state index >= 15 is 0 Å². The van der Waals surface area contributed by atoms with Crippen LogP contribution >= 0.6 is 11.8 Å². The lowest BCUT2D eigenvalue weighted by atomic mass is 9.87. The second-order valence-electron chi connectivity index (χ2n) is 5.15. The molecular formula is C11H18O2S. The van der Waals surface area contributed by atoms with E-state index in [-0.39, 0.29) is 16.7 Å². The summed E-state index contributed by atoms with van der Waals surface area (Å²) in [5.74, 6) is 0.493. The molecule has 14 heavy (non-hydrogen) atoms. The summed E-state index contributed by atoms with van der Waals surface area (Å²) in [5.41, 5.74) is 0.0907. The number of thioether (sulfide) groups is 1. The van der Waals surface area contributed by atoms with Crippen LogP contribution in [0.25, 0.3) is 0 Å². The van der Waals surface area contributed by atoms with Gasteiger partial charge in [0.25, 0.3) is 0 Å². The van der Waals surface area contributed by atoms with Gasteiger partial charge in [-0.05, 0) is 24.0 Å². The van der Waals surface area contributed by atoms with Gasteiger partial charge in [0, 0.05) is 10.7 Å². The summed E-state index contributed by atoms with van der Waals surface area (Å²) in [5, 5.41) is 9.72. The Morgan fingerprint density at radius 2 is 2.14 bits per heavy atom. The molecule has 0 aromatic rings. The molecule has 2 fully saturated rings. The maximum Gasteiger partial charge on any atom is 0.307 e. The molecule has 0 bridgehead atoms. The normalized spacial score (nSPS) is 45.1. The van der Waals surface area contributed by atoms with E-state index in [1.54, 1.807) is 0 Å². The Bertz CT molecular complexity index is 274. The van der Waals surface area contributed by atoms with Crippen molar-refractivity contribution in [2.45, 2.75) is 38.9 Å². The second-order valence-corrected chi connectivity index (χ2v) is 6.60. The fourth-order valence-corrected chi connectivity index (χ4v) is 5.14. The third kappa shape index (κ3) is 1.02. The highest BCUT2D eigenvalue weighted by atomic mass is 32.2. The number of carboxylic acids is 1. The molecule has 0 radical (unpaired) electrons. The van der Waals surface area contributed by atoms with Gasteiger partial charge in [0.05, 0.1) is 5.92 Å². The first-order valence-electron chi connectivity index (χ1n) is 5.29. The van der Waals surface area contributed by atoms with E-state index in [4.69, 9.17) is 0 Å². The van der Waals surface area contributed by atoms with E-state index in [9.17, 15) is 9.90 Å². The number of carbonyl (C=O) groups is 1. The lowest BCUT2D eigenvalue weighted by Crippen LogP contribution is -2.27. The molecule has 2 aliphatic rings. The maximum atomic E-state index is 11.2. The van der Waals surface area contributed by atoms with Crippen LogP contribution in [0.15, 0.2) is 0 Å². The number of rotatable bonds is 1. The first-order chi connectivity index (χ1) is 6.44. The van der Waals surface area contributed by atoms with Crippen LogP contribution in [0.5, 0.6) is 0 Å². The summed E-state index contributed by atoms with van der Waals surface area (Å²) in [6.07, 6.45) is 2.29. The van der Waals surface area contributed by atoms with Crippen molar-refractivity contribution in [3.63, 3.8) is 0 Å². The summed E-state index contributed by atoms with van der Waals surface area (Å²) < 4.78 is 0. The second kappa shape index (κ2) is 2.91. The Morgan fingerprint density at radius 3 is 2.57 bits per heavy atom. The molecule has 1 N–H and O–H groups in total. The van der Waals surface area contributed by atoms with E-state index in [2.05, 4.69) is 20.8 Å². The number of carboxylic acid groups (broad SMARTS) is 1. The van der Waals surface area contributed by atoms with Crippen molar-refractivity contribution in [2.75, 3.05) is 5.75 Å². The lowest BCUT2D eigenvalue weighted by Gasteiger charge is -2.31. The van der Waals surface area contributed by atoms with Crippen molar-refractivity contribution in [3.05, 3.63) is 0 Å². The number of hydrogen-bond acceptors (Lipinski definition) is 2. The molecular weight excluding hydrogens is 196 g/mol. The first kappa shape index (κ1) is 10.3. The van der Waals surface area contributed by atoms with E-state index in [0.29, 0.717) is 5.25 Å². The molecule has 80 valence electrons. The van der Waals surface area contributed by atoms with Gasteiger partial charge in [-0.3, -0.25) is 4.79 Å². The van der Waals surface area contributed by atoms with Gasteiger partial charge < -0.3 is 5.11 Å². The van der Waals surface area contributed by atoms with E-state index < -0.39 is 5.97 Å². The largest absolute Gasteiger partial charge is 0.481 e. The summed E-state index contributed by atoms with van der Waals surface area (Å²) >= 11 is 1.95. The van der Waals surface area contributed by atoms with Crippen molar-refractivity contribution in [3.8, 4) is 0 Å². The van der Waals surface area contributed by atoms with Gasteiger partial charge >= 0.3 is 5.97 Å².